The maximum Gasteiger partial charge on any atom is 0.181 e. The smallest absolute Gasteiger partial charge is 0.181 e. The number of nitrogens with zero attached hydrogens (tertiary/aromatic N) is 1. The van der Waals surface area contributed by atoms with Gasteiger partial charge >= 0.3 is 0 Å². The van der Waals surface area contributed by atoms with Gasteiger partial charge in [0.25, 0.3) is 0 Å². The fourth-order valence-electron chi connectivity index (χ4n) is 1.11. The number of carbonyl (C=O) groups is 1. The molecule has 76 valence electrons. The highest BCUT2D eigenvalue weighted by molar-refractivity contribution is 5.80. The van der Waals surface area contributed by atoms with E-state index in [-0.39, 0.29) is 17.1 Å². The largest absolute Gasteiger partial charge is 0.347 e. The first-order chi connectivity index (χ1) is 6.63. The molecule has 0 aliphatic carbocycles. The molecule has 0 saturated carbocycles. The fraction of sp³-hybridized carbons (Fsp3) is 0.455. The summed E-state index contributed by atoms with van der Waals surface area (Å²) in [6.07, 6.45) is 4.14. The monoisotopic (exact) mass is 193 g/mol. The van der Waals surface area contributed by atoms with E-state index >= 15 is 0 Å². The Morgan fingerprint density at radius 2 is 2.00 bits per heavy atom. The minimum Gasteiger partial charge on any atom is -0.347 e. The van der Waals surface area contributed by atoms with E-state index in [4.69, 9.17) is 0 Å². The van der Waals surface area contributed by atoms with Crippen LogP contribution in [0.3, 0.4) is 0 Å². The van der Waals surface area contributed by atoms with Crippen molar-refractivity contribution in [2.45, 2.75) is 26.8 Å². The van der Waals surface area contributed by atoms with E-state index in [1.165, 1.54) is 12.1 Å². The Morgan fingerprint density at radius 3 is 2.50 bits per heavy atom. The molecule has 0 saturated heterocycles. The van der Waals surface area contributed by atoms with Gasteiger partial charge in [-0.05, 0) is 6.42 Å². The van der Waals surface area contributed by atoms with Gasteiger partial charge in [-0.15, -0.1) is 0 Å². The number of aromatic nitrogens is 1. The summed E-state index contributed by atoms with van der Waals surface area (Å²) in [5, 5.41) is 0. The van der Waals surface area contributed by atoms with Gasteiger partial charge < -0.3 is 4.57 Å². The van der Waals surface area contributed by atoms with Gasteiger partial charge in [0.15, 0.2) is 11.2 Å². The summed E-state index contributed by atoms with van der Waals surface area (Å²) in [6.45, 7) is 4.27. The predicted octanol–water partition coefficient (Wildman–Crippen LogP) is 1.46. The molecule has 0 spiro atoms. The molecular formula is C11H15NO2. The Hall–Kier alpha value is -1.38. The highest BCUT2D eigenvalue weighted by Gasteiger charge is 2.09. The van der Waals surface area contributed by atoms with Crippen molar-refractivity contribution in [1.82, 2.24) is 4.57 Å². The van der Waals surface area contributed by atoms with E-state index in [9.17, 15) is 9.59 Å². The Morgan fingerprint density at radius 1 is 1.43 bits per heavy atom. The molecule has 0 radical (unpaired) electrons. The van der Waals surface area contributed by atoms with E-state index in [1.807, 2.05) is 13.8 Å². The van der Waals surface area contributed by atoms with Gasteiger partial charge in [-0.1, -0.05) is 13.8 Å². The van der Waals surface area contributed by atoms with Crippen molar-refractivity contribution >= 4 is 5.78 Å². The third-order valence-corrected chi connectivity index (χ3v) is 2.36. The van der Waals surface area contributed by atoms with Gasteiger partial charge in [0, 0.05) is 30.4 Å². The minimum absolute atomic E-state index is 0.0303. The molecule has 1 aromatic rings. The number of Topliss-reactive ketones (excluding diaryl/α,β-unsaturated/α-hetero) is 1. The maximum atomic E-state index is 11.5. The van der Waals surface area contributed by atoms with Crippen LogP contribution in [0.2, 0.25) is 0 Å². The third-order valence-electron chi connectivity index (χ3n) is 2.36. The molecule has 1 aromatic heterocycles. The Balaban J connectivity index is 2.65. The molecule has 0 aromatic carbocycles. The third kappa shape index (κ3) is 2.83. The topological polar surface area (TPSA) is 39.1 Å². The van der Waals surface area contributed by atoms with Gasteiger partial charge in [0.1, 0.15) is 0 Å². The normalized spacial score (nSPS) is 12.4. The molecule has 0 bridgehead atoms. The second kappa shape index (κ2) is 4.74. The number of carbonyl (C=O) groups excluding carboxylic acids is 1. The average molecular weight is 193 g/mol. The first kappa shape index (κ1) is 10.7. The zero-order chi connectivity index (χ0) is 10.6. The predicted molar refractivity (Wildman–Crippen MR) is 55.2 cm³/mol. The van der Waals surface area contributed by atoms with Gasteiger partial charge in [0.05, 0.1) is 6.54 Å². The van der Waals surface area contributed by atoms with Crippen LogP contribution in [0.25, 0.3) is 0 Å². The first-order valence-corrected chi connectivity index (χ1v) is 4.82. The molecule has 1 atom stereocenters. The summed E-state index contributed by atoms with van der Waals surface area (Å²) < 4.78 is 1.73. The average Bonchev–Trinajstić information content (AvgIpc) is 2.20. The van der Waals surface area contributed by atoms with Gasteiger partial charge in [-0.2, -0.15) is 0 Å². The van der Waals surface area contributed by atoms with Crippen LogP contribution in [0.4, 0.5) is 0 Å². The first-order valence-electron chi connectivity index (χ1n) is 4.82. The summed E-state index contributed by atoms with van der Waals surface area (Å²) >= 11 is 0. The van der Waals surface area contributed by atoms with Crippen LogP contribution < -0.4 is 5.43 Å². The van der Waals surface area contributed by atoms with E-state index in [1.54, 1.807) is 17.0 Å². The summed E-state index contributed by atoms with van der Waals surface area (Å²) in [5.41, 5.74) is -0.0303. The Bertz CT molecular complexity index is 347. The van der Waals surface area contributed by atoms with Crippen LogP contribution in [0.1, 0.15) is 20.3 Å². The van der Waals surface area contributed by atoms with E-state index in [2.05, 4.69) is 0 Å². The lowest BCUT2D eigenvalue weighted by molar-refractivity contribution is -0.123. The van der Waals surface area contributed by atoms with Crippen LogP contribution in [-0.4, -0.2) is 10.4 Å². The maximum absolute atomic E-state index is 11.5. The van der Waals surface area contributed by atoms with Crippen LogP contribution in [0, 0.1) is 5.92 Å². The molecule has 0 fully saturated rings. The van der Waals surface area contributed by atoms with Crippen LogP contribution in [0.5, 0.6) is 0 Å². The fourth-order valence-corrected chi connectivity index (χ4v) is 1.11. The highest BCUT2D eigenvalue weighted by Crippen LogP contribution is 2.03. The lowest BCUT2D eigenvalue weighted by Gasteiger charge is -2.09. The number of hydrogen-bond acceptors (Lipinski definition) is 2. The summed E-state index contributed by atoms with van der Waals surface area (Å²) in [5.74, 6) is 0.297. The van der Waals surface area contributed by atoms with Crippen molar-refractivity contribution in [2.24, 2.45) is 5.92 Å². The van der Waals surface area contributed by atoms with Gasteiger partial charge in [-0.25, -0.2) is 0 Å². The minimum atomic E-state index is -0.0303. The highest BCUT2D eigenvalue weighted by atomic mass is 16.1. The molecule has 1 rings (SSSR count). The van der Waals surface area contributed by atoms with Crippen molar-refractivity contribution < 1.29 is 4.79 Å². The number of hydrogen-bond donors (Lipinski definition) is 0. The molecule has 0 aliphatic rings. The van der Waals surface area contributed by atoms with E-state index < -0.39 is 0 Å². The molecule has 0 N–H and O–H groups in total. The Labute approximate surface area is 83.4 Å². The second-order valence-electron chi connectivity index (χ2n) is 3.48. The van der Waals surface area contributed by atoms with Crippen molar-refractivity contribution in [2.75, 3.05) is 0 Å². The molecule has 0 amide bonds. The molecule has 1 unspecified atom stereocenters. The zero-order valence-electron chi connectivity index (χ0n) is 8.56. The second-order valence-corrected chi connectivity index (χ2v) is 3.48. The Kier molecular flexibility index (Phi) is 3.63. The standard InChI is InChI=1S/C11H15NO2/c1-3-9(2)11(14)8-12-6-4-10(13)5-7-12/h4-7,9H,3,8H2,1-2H3. The lowest BCUT2D eigenvalue weighted by Crippen LogP contribution is -2.17. The number of rotatable bonds is 4. The number of ketones is 1. The van der Waals surface area contributed by atoms with E-state index in [0.29, 0.717) is 6.54 Å². The molecule has 14 heavy (non-hydrogen) atoms. The molecule has 1 heterocycles. The molecule has 0 aliphatic heterocycles. The summed E-state index contributed by atoms with van der Waals surface area (Å²) in [6, 6.07) is 2.92. The lowest BCUT2D eigenvalue weighted by atomic mass is 10.0. The summed E-state index contributed by atoms with van der Waals surface area (Å²) in [4.78, 5) is 22.3. The van der Waals surface area contributed by atoms with Gasteiger partial charge in [-0.3, -0.25) is 9.59 Å². The SMILES string of the molecule is CCC(C)C(=O)Cn1ccc(=O)cc1. The van der Waals surface area contributed by atoms with Crippen LogP contribution >= 0.6 is 0 Å². The van der Waals surface area contributed by atoms with Crippen LogP contribution in [-0.2, 0) is 11.3 Å². The van der Waals surface area contributed by atoms with Crippen molar-refractivity contribution in [3.8, 4) is 0 Å². The zero-order valence-corrected chi connectivity index (χ0v) is 8.56. The summed E-state index contributed by atoms with van der Waals surface area (Å²) in [7, 11) is 0. The number of pyridine rings is 1. The van der Waals surface area contributed by atoms with Gasteiger partial charge in [0.2, 0.25) is 0 Å². The van der Waals surface area contributed by atoms with Crippen molar-refractivity contribution in [3.63, 3.8) is 0 Å². The van der Waals surface area contributed by atoms with Crippen molar-refractivity contribution in [3.05, 3.63) is 34.7 Å². The molecule has 3 heteroatoms. The van der Waals surface area contributed by atoms with E-state index in [0.717, 1.165) is 6.42 Å². The molecular weight excluding hydrogens is 178 g/mol. The molecule has 3 nitrogen and oxygen atoms in total. The van der Waals surface area contributed by atoms with Crippen molar-refractivity contribution in [1.29, 1.82) is 0 Å². The quantitative estimate of drug-likeness (QED) is 0.726. The van der Waals surface area contributed by atoms with Crippen LogP contribution in [0.15, 0.2) is 29.3 Å².